The van der Waals surface area contributed by atoms with Crippen molar-refractivity contribution >= 4 is 0 Å². The summed E-state index contributed by atoms with van der Waals surface area (Å²) >= 11 is 0. The largest absolute Gasteiger partial charge is 0.317 e. The Hall–Kier alpha value is -0.830. The minimum Gasteiger partial charge on any atom is -0.317 e. The molecule has 1 atom stereocenters. The standard InChI is InChI=1S/C11H21N3/c1-8(2)14-10(4)11(7-13-14)6-9(3)12-5/h7-9,12H,6H2,1-5H3. The molecule has 1 unspecified atom stereocenters. The van der Waals surface area contributed by atoms with Crippen LogP contribution in [-0.4, -0.2) is 22.9 Å². The van der Waals surface area contributed by atoms with E-state index in [-0.39, 0.29) is 0 Å². The van der Waals surface area contributed by atoms with Crippen LogP contribution in [0.4, 0.5) is 0 Å². The molecule has 0 saturated heterocycles. The maximum Gasteiger partial charge on any atom is 0.0525 e. The number of aromatic nitrogens is 2. The van der Waals surface area contributed by atoms with E-state index in [2.05, 4.69) is 42.8 Å². The van der Waals surface area contributed by atoms with Gasteiger partial charge in [-0.05, 0) is 46.7 Å². The number of likely N-dealkylation sites (N-methyl/N-ethyl adjacent to an activating group) is 1. The fourth-order valence-electron chi connectivity index (χ4n) is 1.61. The van der Waals surface area contributed by atoms with E-state index in [1.54, 1.807) is 0 Å². The number of hydrogen-bond donors (Lipinski definition) is 1. The zero-order chi connectivity index (χ0) is 10.7. The van der Waals surface area contributed by atoms with Crippen molar-refractivity contribution in [3.8, 4) is 0 Å². The predicted molar refractivity (Wildman–Crippen MR) is 59.6 cm³/mol. The van der Waals surface area contributed by atoms with Crippen molar-refractivity contribution in [3.05, 3.63) is 17.5 Å². The number of nitrogens with one attached hydrogen (secondary N) is 1. The molecule has 3 heteroatoms. The van der Waals surface area contributed by atoms with Crippen LogP contribution in [0.15, 0.2) is 6.20 Å². The van der Waals surface area contributed by atoms with E-state index in [0.29, 0.717) is 12.1 Å². The van der Waals surface area contributed by atoms with E-state index >= 15 is 0 Å². The van der Waals surface area contributed by atoms with Crippen molar-refractivity contribution in [1.82, 2.24) is 15.1 Å². The van der Waals surface area contributed by atoms with E-state index in [4.69, 9.17) is 0 Å². The van der Waals surface area contributed by atoms with Crippen molar-refractivity contribution in [2.45, 2.75) is 46.2 Å². The SMILES string of the molecule is CNC(C)Cc1cnn(C(C)C)c1C. The van der Waals surface area contributed by atoms with Crippen LogP contribution in [0.3, 0.4) is 0 Å². The quantitative estimate of drug-likeness (QED) is 0.795. The van der Waals surface area contributed by atoms with Gasteiger partial charge in [-0.2, -0.15) is 5.10 Å². The van der Waals surface area contributed by atoms with Gasteiger partial charge in [0.25, 0.3) is 0 Å². The third kappa shape index (κ3) is 2.35. The summed E-state index contributed by atoms with van der Waals surface area (Å²) in [5.41, 5.74) is 2.64. The fraction of sp³-hybridized carbons (Fsp3) is 0.727. The average molecular weight is 195 g/mol. The topological polar surface area (TPSA) is 29.9 Å². The van der Waals surface area contributed by atoms with Gasteiger partial charge in [-0.3, -0.25) is 4.68 Å². The van der Waals surface area contributed by atoms with Crippen molar-refractivity contribution in [2.24, 2.45) is 0 Å². The Morgan fingerprint density at radius 3 is 2.50 bits per heavy atom. The molecule has 0 saturated carbocycles. The minimum atomic E-state index is 0.452. The Morgan fingerprint density at radius 1 is 1.43 bits per heavy atom. The van der Waals surface area contributed by atoms with Crippen LogP contribution in [0.1, 0.15) is 38.1 Å². The second-order valence-corrected chi connectivity index (χ2v) is 4.19. The smallest absolute Gasteiger partial charge is 0.0525 e. The molecule has 0 bridgehead atoms. The zero-order valence-electron chi connectivity index (χ0n) is 9.83. The van der Waals surface area contributed by atoms with Crippen LogP contribution in [0.25, 0.3) is 0 Å². The van der Waals surface area contributed by atoms with Crippen molar-refractivity contribution in [1.29, 1.82) is 0 Å². The molecule has 0 aromatic carbocycles. The van der Waals surface area contributed by atoms with Crippen LogP contribution in [-0.2, 0) is 6.42 Å². The van der Waals surface area contributed by atoms with Crippen LogP contribution >= 0.6 is 0 Å². The lowest BCUT2D eigenvalue weighted by atomic mass is 10.1. The summed E-state index contributed by atoms with van der Waals surface area (Å²) in [6, 6.07) is 0.965. The molecule has 0 aliphatic heterocycles. The lowest BCUT2D eigenvalue weighted by molar-refractivity contribution is 0.517. The Kier molecular flexibility index (Phi) is 3.69. The van der Waals surface area contributed by atoms with Gasteiger partial charge in [0.05, 0.1) is 6.20 Å². The molecule has 0 aliphatic rings. The first-order chi connectivity index (χ1) is 6.56. The Balaban J connectivity index is 2.79. The summed E-state index contributed by atoms with van der Waals surface area (Å²) in [6.07, 6.45) is 3.04. The first-order valence-electron chi connectivity index (χ1n) is 5.26. The average Bonchev–Trinajstić information content (AvgIpc) is 2.48. The third-order valence-corrected chi connectivity index (χ3v) is 2.65. The number of hydrogen-bond acceptors (Lipinski definition) is 2. The third-order valence-electron chi connectivity index (χ3n) is 2.65. The number of rotatable bonds is 4. The molecule has 1 aromatic heterocycles. The van der Waals surface area contributed by atoms with Gasteiger partial charge in [-0.1, -0.05) is 0 Å². The lowest BCUT2D eigenvalue weighted by Gasteiger charge is -2.11. The fourth-order valence-corrected chi connectivity index (χ4v) is 1.61. The van der Waals surface area contributed by atoms with Crippen LogP contribution in [0, 0.1) is 6.92 Å². The zero-order valence-corrected chi connectivity index (χ0v) is 9.83. The van der Waals surface area contributed by atoms with Crippen molar-refractivity contribution < 1.29 is 0 Å². The first-order valence-corrected chi connectivity index (χ1v) is 5.26. The molecule has 3 nitrogen and oxygen atoms in total. The van der Waals surface area contributed by atoms with Crippen molar-refractivity contribution in [2.75, 3.05) is 7.05 Å². The Labute approximate surface area is 86.5 Å². The second-order valence-electron chi connectivity index (χ2n) is 4.19. The molecular weight excluding hydrogens is 174 g/mol. The van der Waals surface area contributed by atoms with Crippen LogP contribution in [0.2, 0.25) is 0 Å². The summed E-state index contributed by atoms with van der Waals surface area (Å²) in [5.74, 6) is 0. The van der Waals surface area contributed by atoms with Gasteiger partial charge in [-0.25, -0.2) is 0 Å². The first kappa shape index (κ1) is 11.2. The minimum absolute atomic E-state index is 0.452. The maximum absolute atomic E-state index is 4.39. The second kappa shape index (κ2) is 4.60. The lowest BCUT2D eigenvalue weighted by Crippen LogP contribution is -2.23. The van der Waals surface area contributed by atoms with E-state index in [1.165, 1.54) is 11.3 Å². The summed E-state index contributed by atoms with van der Waals surface area (Å²) < 4.78 is 2.08. The normalized spacial score (nSPS) is 13.6. The molecule has 1 N–H and O–H groups in total. The van der Waals surface area contributed by atoms with Gasteiger partial charge in [0.2, 0.25) is 0 Å². The highest BCUT2D eigenvalue weighted by Crippen LogP contribution is 2.14. The molecule has 1 heterocycles. The molecule has 0 radical (unpaired) electrons. The highest BCUT2D eigenvalue weighted by Gasteiger charge is 2.10. The number of nitrogens with zero attached hydrogens (tertiary/aromatic N) is 2. The monoisotopic (exact) mass is 195 g/mol. The predicted octanol–water partition coefficient (Wildman–Crippen LogP) is 1.92. The molecule has 14 heavy (non-hydrogen) atoms. The van der Waals surface area contributed by atoms with Gasteiger partial charge in [0, 0.05) is 17.8 Å². The molecule has 1 rings (SSSR count). The van der Waals surface area contributed by atoms with Crippen molar-refractivity contribution in [3.63, 3.8) is 0 Å². The highest BCUT2D eigenvalue weighted by molar-refractivity contribution is 5.17. The molecule has 0 spiro atoms. The van der Waals surface area contributed by atoms with Crippen LogP contribution < -0.4 is 5.32 Å². The van der Waals surface area contributed by atoms with Gasteiger partial charge >= 0.3 is 0 Å². The maximum atomic E-state index is 4.39. The van der Waals surface area contributed by atoms with E-state index in [9.17, 15) is 0 Å². The van der Waals surface area contributed by atoms with E-state index in [1.807, 2.05) is 13.2 Å². The molecular formula is C11H21N3. The highest BCUT2D eigenvalue weighted by atomic mass is 15.3. The van der Waals surface area contributed by atoms with Gasteiger partial charge in [0.15, 0.2) is 0 Å². The Morgan fingerprint density at radius 2 is 2.07 bits per heavy atom. The van der Waals surface area contributed by atoms with Gasteiger partial charge in [-0.15, -0.1) is 0 Å². The van der Waals surface area contributed by atoms with Crippen LogP contribution in [0.5, 0.6) is 0 Å². The van der Waals surface area contributed by atoms with E-state index < -0.39 is 0 Å². The van der Waals surface area contributed by atoms with Gasteiger partial charge < -0.3 is 5.32 Å². The van der Waals surface area contributed by atoms with Gasteiger partial charge in [0.1, 0.15) is 0 Å². The molecule has 1 aromatic rings. The summed E-state index contributed by atoms with van der Waals surface area (Å²) in [7, 11) is 1.99. The Bertz CT molecular complexity index is 289. The molecule has 0 aliphatic carbocycles. The summed E-state index contributed by atoms with van der Waals surface area (Å²) in [6.45, 7) is 8.65. The summed E-state index contributed by atoms with van der Waals surface area (Å²) in [5, 5.41) is 7.63. The molecule has 80 valence electrons. The van der Waals surface area contributed by atoms with E-state index in [0.717, 1.165) is 6.42 Å². The summed E-state index contributed by atoms with van der Waals surface area (Å²) in [4.78, 5) is 0. The molecule has 0 fully saturated rings. The molecule has 0 amide bonds.